The van der Waals surface area contributed by atoms with E-state index in [1.807, 2.05) is 73.7 Å². The number of carbonyl (C=O) groups excluding carboxylic acids is 1. The van der Waals surface area contributed by atoms with Gasteiger partial charge in [-0.1, -0.05) is 103 Å². The number of likely N-dealkylation sites (N-methyl/N-ethyl adjacent to an activating group) is 1. The van der Waals surface area contributed by atoms with Gasteiger partial charge in [-0.15, -0.1) is 0 Å². The number of nitrogens with zero attached hydrogens (tertiary/aromatic N) is 3. The fourth-order valence-corrected chi connectivity index (χ4v) is 5.40. The number of nitrogens with one attached hydrogen (secondary N) is 2. The van der Waals surface area contributed by atoms with Crippen LogP contribution in [-0.4, -0.2) is 45.0 Å². The first-order valence-electron chi connectivity index (χ1n) is 12.9. The van der Waals surface area contributed by atoms with Crippen LogP contribution in [0.1, 0.15) is 23.6 Å². The topological polar surface area (TPSA) is 72.1 Å². The van der Waals surface area contributed by atoms with E-state index in [1.54, 1.807) is 23.5 Å². The zero-order valence-electron chi connectivity index (χ0n) is 21.7. The van der Waals surface area contributed by atoms with Gasteiger partial charge in [-0.25, -0.2) is 0 Å². The van der Waals surface area contributed by atoms with E-state index in [-0.39, 0.29) is 11.1 Å². The van der Waals surface area contributed by atoms with Gasteiger partial charge in [0.05, 0.1) is 23.1 Å². The number of rotatable bonds is 10. The van der Waals surface area contributed by atoms with Crippen molar-refractivity contribution in [3.05, 3.63) is 144 Å². The molecule has 0 bridgehead atoms. The molecule has 0 radical (unpaired) electrons. The highest BCUT2D eigenvalue weighted by Gasteiger charge is 2.56. The van der Waals surface area contributed by atoms with Crippen LogP contribution in [0.5, 0.6) is 0 Å². The summed E-state index contributed by atoms with van der Waals surface area (Å²) >= 11 is 6.22. The number of halogens is 1. The maximum atomic E-state index is 14.1. The van der Waals surface area contributed by atoms with Crippen LogP contribution in [-0.2, 0) is 10.3 Å². The lowest BCUT2D eigenvalue weighted by molar-refractivity contribution is -0.129. The number of carbonyl (C=O) groups is 1. The highest BCUT2D eigenvalue weighted by molar-refractivity contribution is 6.68. The van der Waals surface area contributed by atoms with Gasteiger partial charge in [-0.05, 0) is 35.7 Å². The number of pyridine rings is 1. The molecule has 4 aromatic rings. The van der Waals surface area contributed by atoms with E-state index in [4.69, 9.17) is 17.0 Å². The molecule has 1 amide bonds. The Hall–Kier alpha value is -4.26. The van der Waals surface area contributed by atoms with Crippen LogP contribution in [0.4, 0.5) is 5.69 Å². The van der Waals surface area contributed by atoms with Gasteiger partial charge in [0.15, 0.2) is 0 Å². The molecule has 0 spiro atoms. The quantitative estimate of drug-likeness (QED) is 0.147. The Labute approximate surface area is 234 Å². The van der Waals surface area contributed by atoms with E-state index in [9.17, 15) is 4.79 Å². The maximum absolute atomic E-state index is 14.1. The minimum atomic E-state index is -0.671. The Morgan fingerprint density at radius 3 is 1.95 bits per heavy atom. The summed E-state index contributed by atoms with van der Waals surface area (Å²) in [5.41, 5.74) is 3.63. The predicted octanol–water partition coefficient (Wildman–Crippen LogP) is 6.08. The zero-order chi connectivity index (χ0) is 27.2. The Morgan fingerprint density at radius 2 is 1.51 bits per heavy atom. The fraction of sp³-hybridized carbons (Fsp3) is 0.156. The molecule has 6 nitrogen and oxygen atoms in total. The number of amides is 1. The number of allylic oxidation sites excluding steroid dienone is 1. The molecule has 2 N–H and O–H groups in total. The van der Waals surface area contributed by atoms with Crippen molar-refractivity contribution in [2.45, 2.75) is 18.5 Å². The van der Waals surface area contributed by atoms with Gasteiger partial charge in [0.25, 0.3) is 0 Å². The van der Waals surface area contributed by atoms with Gasteiger partial charge in [-0.3, -0.25) is 20.1 Å². The van der Waals surface area contributed by atoms with E-state index in [0.29, 0.717) is 18.8 Å². The van der Waals surface area contributed by atoms with Crippen molar-refractivity contribution in [1.82, 2.24) is 14.8 Å². The van der Waals surface area contributed by atoms with E-state index in [0.717, 1.165) is 22.4 Å². The van der Waals surface area contributed by atoms with Crippen molar-refractivity contribution in [2.75, 3.05) is 18.4 Å². The van der Waals surface area contributed by atoms with Crippen LogP contribution < -0.4 is 5.32 Å². The second-order valence-electron chi connectivity index (χ2n) is 9.29. The monoisotopic (exact) mass is 535 g/mol. The summed E-state index contributed by atoms with van der Waals surface area (Å²) in [6, 6.07) is 34.2. The molecular weight excluding hydrogens is 506 g/mol. The molecule has 0 saturated carbocycles. The maximum Gasteiger partial charge on any atom is 0.245 e. The molecule has 0 aliphatic carbocycles. The second kappa shape index (κ2) is 11.6. The third-order valence-electron chi connectivity index (χ3n) is 7.04. The van der Waals surface area contributed by atoms with Crippen LogP contribution in [0.2, 0.25) is 0 Å². The molecule has 1 saturated heterocycles. The molecule has 2 atom stereocenters. The molecule has 2 unspecified atom stereocenters. The third kappa shape index (κ3) is 5.21. The Morgan fingerprint density at radius 1 is 0.974 bits per heavy atom. The minimum Gasteiger partial charge on any atom is -0.358 e. The van der Waals surface area contributed by atoms with Crippen molar-refractivity contribution in [3.63, 3.8) is 0 Å². The van der Waals surface area contributed by atoms with Crippen LogP contribution in [0.15, 0.2) is 127 Å². The molecule has 196 valence electrons. The Kier molecular flexibility index (Phi) is 7.87. The molecule has 3 aromatic carbocycles. The van der Waals surface area contributed by atoms with Gasteiger partial charge >= 0.3 is 0 Å². The molecule has 1 aliphatic rings. The van der Waals surface area contributed by atoms with Crippen molar-refractivity contribution >= 4 is 28.4 Å². The lowest BCUT2D eigenvalue weighted by Crippen LogP contribution is -2.43. The van der Waals surface area contributed by atoms with Gasteiger partial charge < -0.3 is 10.2 Å². The van der Waals surface area contributed by atoms with Crippen molar-refractivity contribution in [1.29, 1.82) is 5.41 Å². The summed E-state index contributed by atoms with van der Waals surface area (Å²) in [4.78, 5) is 22.0. The van der Waals surface area contributed by atoms with Crippen LogP contribution >= 0.6 is 11.6 Å². The summed E-state index contributed by atoms with van der Waals surface area (Å²) < 4.78 is 0. The molecular formula is C32H30ClN5O. The van der Waals surface area contributed by atoms with Crippen molar-refractivity contribution < 1.29 is 4.79 Å². The predicted molar refractivity (Wildman–Crippen MR) is 157 cm³/mol. The summed E-state index contributed by atoms with van der Waals surface area (Å²) in [5, 5.41) is 11.1. The summed E-state index contributed by atoms with van der Waals surface area (Å²) in [7, 11) is 0. The molecule has 7 heteroatoms. The molecule has 1 aliphatic heterocycles. The zero-order valence-corrected chi connectivity index (χ0v) is 22.4. The molecule has 39 heavy (non-hydrogen) atoms. The standard InChI is InChI=1S/C32H30ClN5O/c1-2-37(28(30(33)34)22-36-27-19-12-20-35-21-27)31(39)29-23-38(29)32(24-13-6-3-7-14-24,25-15-8-4-9-16-25)26-17-10-5-11-18-26/h3-22,29,34,36H,2,23H2,1H3/b28-22+,34-30?. The van der Waals surface area contributed by atoms with Gasteiger partial charge in [-0.2, -0.15) is 0 Å². The van der Waals surface area contributed by atoms with Gasteiger partial charge in [0.1, 0.15) is 11.2 Å². The normalized spacial score (nSPS) is 16.8. The highest BCUT2D eigenvalue weighted by atomic mass is 35.5. The SMILES string of the molecule is CCN(C(=O)C1CN1C(c1ccccc1)(c1ccccc1)c1ccccc1)/C(=C/Nc1cccnc1)C(=N)Cl. The minimum absolute atomic E-state index is 0.102. The summed E-state index contributed by atoms with van der Waals surface area (Å²) in [6.07, 6.45) is 4.95. The largest absolute Gasteiger partial charge is 0.358 e. The highest BCUT2D eigenvalue weighted by Crippen LogP contribution is 2.48. The number of hydrogen-bond donors (Lipinski definition) is 2. The number of hydrogen-bond acceptors (Lipinski definition) is 5. The fourth-order valence-electron chi connectivity index (χ4n) is 5.24. The van der Waals surface area contributed by atoms with E-state index >= 15 is 0 Å². The number of anilines is 1. The summed E-state index contributed by atoms with van der Waals surface area (Å²) in [6.45, 7) is 2.82. The van der Waals surface area contributed by atoms with Crippen LogP contribution in [0.25, 0.3) is 0 Å². The van der Waals surface area contributed by atoms with Crippen molar-refractivity contribution in [2.24, 2.45) is 0 Å². The molecule has 1 aromatic heterocycles. The van der Waals surface area contributed by atoms with E-state index in [1.165, 1.54) is 0 Å². The van der Waals surface area contributed by atoms with Crippen molar-refractivity contribution in [3.8, 4) is 0 Å². The van der Waals surface area contributed by atoms with E-state index in [2.05, 4.69) is 51.6 Å². The first-order valence-corrected chi connectivity index (χ1v) is 13.3. The number of aromatic nitrogens is 1. The summed E-state index contributed by atoms with van der Waals surface area (Å²) in [5.74, 6) is -0.102. The van der Waals surface area contributed by atoms with Crippen LogP contribution in [0, 0.1) is 5.41 Å². The van der Waals surface area contributed by atoms with Crippen LogP contribution in [0.3, 0.4) is 0 Å². The smallest absolute Gasteiger partial charge is 0.245 e. The second-order valence-corrected chi connectivity index (χ2v) is 9.67. The Balaban J connectivity index is 1.55. The molecule has 1 fully saturated rings. The molecule has 2 heterocycles. The first kappa shape index (κ1) is 26.4. The van der Waals surface area contributed by atoms with E-state index < -0.39 is 11.6 Å². The number of benzene rings is 3. The Bertz CT molecular complexity index is 1350. The average Bonchev–Trinajstić information content (AvgIpc) is 3.79. The lowest BCUT2D eigenvalue weighted by atomic mass is 9.76. The molecule has 5 rings (SSSR count). The average molecular weight is 536 g/mol. The van der Waals surface area contributed by atoms with Gasteiger partial charge in [0.2, 0.25) is 5.91 Å². The first-order chi connectivity index (χ1) is 19.1. The third-order valence-corrected chi connectivity index (χ3v) is 7.23. The lowest BCUT2D eigenvalue weighted by Gasteiger charge is -2.38. The van der Waals surface area contributed by atoms with Gasteiger partial charge in [0, 0.05) is 25.5 Å².